The van der Waals surface area contributed by atoms with Crippen molar-refractivity contribution in [1.29, 1.82) is 0 Å². The van der Waals surface area contributed by atoms with E-state index in [0.717, 1.165) is 22.4 Å². The highest BCUT2D eigenvalue weighted by Gasteiger charge is 2.20. The summed E-state index contributed by atoms with van der Waals surface area (Å²) in [5.41, 5.74) is 3.87. The van der Waals surface area contributed by atoms with E-state index in [1.807, 2.05) is 65.4 Å². The average Bonchev–Trinajstić information content (AvgIpc) is 3.26. The van der Waals surface area contributed by atoms with E-state index in [1.165, 1.54) is 0 Å². The molecule has 4 aromatic rings. The predicted molar refractivity (Wildman–Crippen MR) is 118 cm³/mol. The Morgan fingerprint density at radius 3 is 2.38 bits per heavy atom. The van der Waals surface area contributed by atoms with Crippen molar-refractivity contribution < 1.29 is 4.74 Å². The molecule has 0 amide bonds. The molecular weight excluding hydrogens is 427 g/mol. The highest BCUT2D eigenvalue weighted by molar-refractivity contribution is 6.35. The van der Waals surface area contributed by atoms with Crippen molar-refractivity contribution in [2.75, 3.05) is 0 Å². The molecule has 1 heterocycles. The Labute approximate surface area is 184 Å². The third-order valence-electron chi connectivity index (χ3n) is 4.60. The van der Waals surface area contributed by atoms with Gasteiger partial charge in [-0.2, -0.15) is 0 Å². The zero-order valence-electron chi connectivity index (χ0n) is 15.3. The van der Waals surface area contributed by atoms with E-state index in [1.54, 1.807) is 18.6 Å². The molecule has 1 unspecified atom stereocenters. The fourth-order valence-corrected chi connectivity index (χ4v) is 3.75. The van der Waals surface area contributed by atoms with Gasteiger partial charge in [-0.25, -0.2) is 4.98 Å². The molecule has 0 bridgehead atoms. The number of nitrogens with zero attached hydrogens (tertiary/aromatic N) is 2. The quantitative estimate of drug-likeness (QED) is 0.317. The van der Waals surface area contributed by atoms with E-state index in [0.29, 0.717) is 21.7 Å². The maximum Gasteiger partial charge on any atom is 0.110 e. The van der Waals surface area contributed by atoms with Crippen LogP contribution < -0.4 is 0 Å². The zero-order chi connectivity index (χ0) is 20.2. The van der Waals surface area contributed by atoms with Crippen LogP contribution in [-0.2, 0) is 11.3 Å². The average molecular weight is 444 g/mol. The van der Waals surface area contributed by atoms with Crippen molar-refractivity contribution in [2.24, 2.45) is 0 Å². The van der Waals surface area contributed by atoms with E-state index in [-0.39, 0.29) is 6.10 Å². The summed E-state index contributed by atoms with van der Waals surface area (Å²) in [6, 6.07) is 21.2. The van der Waals surface area contributed by atoms with E-state index in [2.05, 4.69) is 11.1 Å². The summed E-state index contributed by atoms with van der Waals surface area (Å²) in [5.74, 6) is 0. The smallest absolute Gasteiger partial charge is 0.110 e. The molecule has 6 heteroatoms. The molecule has 4 rings (SSSR count). The lowest BCUT2D eigenvalue weighted by molar-refractivity contribution is 0.0667. The number of ether oxygens (including phenoxy) is 1. The van der Waals surface area contributed by atoms with Gasteiger partial charge in [0.2, 0.25) is 0 Å². The molecule has 0 spiro atoms. The van der Waals surface area contributed by atoms with Crippen molar-refractivity contribution in [3.05, 3.63) is 117 Å². The van der Waals surface area contributed by atoms with Gasteiger partial charge in [0, 0.05) is 33.0 Å². The minimum atomic E-state index is -0.322. The van der Waals surface area contributed by atoms with E-state index in [4.69, 9.17) is 39.5 Å². The van der Waals surface area contributed by atoms with Gasteiger partial charge in [-0.1, -0.05) is 71.2 Å². The van der Waals surface area contributed by atoms with Crippen LogP contribution in [0.1, 0.15) is 22.8 Å². The first-order chi connectivity index (χ1) is 14.1. The summed E-state index contributed by atoms with van der Waals surface area (Å²) >= 11 is 18.5. The van der Waals surface area contributed by atoms with E-state index < -0.39 is 0 Å². The van der Waals surface area contributed by atoms with Crippen molar-refractivity contribution in [2.45, 2.75) is 12.7 Å². The monoisotopic (exact) mass is 442 g/mol. The number of aromatic nitrogens is 2. The molecular formula is C23H17Cl3N2O. The Kier molecular flexibility index (Phi) is 6.22. The third-order valence-corrected chi connectivity index (χ3v) is 5.43. The molecule has 0 fully saturated rings. The molecule has 0 saturated carbocycles. The Balaban J connectivity index is 1.73. The number of rotatable bonds is 6. The lowest BCUT2D eigenvalue weighted by Crippen LogP contribution is -2.10. The van der Waals surface area contributed by atoms with Gasteiger partial charge in [0.05, 0.1) is 18.6 Å². The van der Waals surface area contributed by atoms with Crippen LogP contribution >= 0.6 is 34.8 Å². The summed E-state index contributed by atoms with van der Waals surface area (Å²) in [6.45, 7) is 0.335. The minimum absolute atomic E-state index is 0.322. The maximum absolute atomic E-state index is 6.40. The summed E-state index contributed by atoms with van der Waals surface area (Å²) in [5, 5.41) is 1.85. The predicted octanol–water partition coefficient (Wildman–Crippen LogP) is 7.14. The van der Waals surface area contributed by atoms with Gasteiger partial charge in [-0.05, 0) is 41.5 Å². The number of hydrogen-bond acceptors (Lipinski definition) is 2. The number of para-hydroxylation sites is 1. The topological polar surface area (TPSA) is 27.1 Å². The fourth-order valence-electron chi connectivity index (χ4n) is 3.16. The molecule has 0 saturated heterocycles. The highest BCUT2D eigenvalue weighted by Crippen LogP contribution is 2.33. The van der Waals surface area contributed by atoms with Crippen LogP contribution in [0.3, 0.4) is 0 Å². The van der Waals surface area contributed by atoms with Crippen molar-refractivity contribution in [3.63, 3.8) is 0 Å². The van der Waals surface area contributed by atoms with E-state index >= 15 is 0 Å². The summed E-state index contributed by atoms with van der Waals surface area (Å²) in [7, 11) is 0. The molecule has 0 radical (unpaired) electrons. The normalized spacial score (nSPS) is 12.1. The molecule has 0 aliphatic rings. The molecule has 0 aliphatic carbocycles. The van der Waals surface area contributed by atoms with Crippen molar-refractivity contribution in [1.82, 2.24) is 9.55 Å². The Bertz CT molecular complexity index is 1100. The standard InChI is InChI=1S/C23H17Cl3N2O/c24-18-8-5-16(6-9-18)23(29-14-17-7-10-19(25)13-21(17)26)20-3-1-2-4-22(20)28-12-11-27-15-28/h1-13,15,23H,14H2. The fraction of sp³-hybridized carbons (Fsp3) is 0.0870. The second-order valence-corrected chi connectivity index (χ2v) is 7.79. The summed E-state index contributed by atoms with van der Waals surface area (Å²) in [4.78, 5) is 4.17. The van der Waals surface area contributed by atoms with Crippen LogP contribution in [-0.4, -0.2) is 9.55 Å². The van der Waals surface area contributed by atoms with Crippen molar-refractivity contribution in [3.8, 4) is 5.69 Å². The van der Waals surface area contributed by atoms with Crippen LogP contribution in [0.2, 0.25) is 15.1 Å². The van der Waals surface area contributed by atoms with Crippen molar-refractivity contribution >= 4 is 34.8 Å². The summed E-state index contributed by atoms with van der Waals surface area (Å²) in [6.07, 6.45) is 5.11. The zero-order valence-corrected chi connectivity index (χ0v) is 17.6. The molecule has 29 heavy (non-hydrogen) atoms. The Hall–Kier alpha value is -2.30. The SMILES string of the molecule is Clc1ccc(C(OCc2ccc(Cl)cc2Cl)c2ccccc2-n2ccnc2)cc1. The van der Waals surface area contributed by atoms with Crippen LogP contribution in [0.5, 0.6) is 0 Å². The van der Waals surface area contributed by atoms with Gasteiger partial charge in [-0.15, -0.1) is 0 Å². The third kappa shape index (κ3) is 4.65. The molecule has 3 aromatic carbocycles. The number of hydrogen-bond donors (Lipinski definition) is 0. The number of benzene rings is 3. The van der Waals surface area contributed by atoms with Crippen LogP contribution in [0, 0.1) is 0 Å². The molecule has 1 aromatic heterocycles. The van der Waals surface area contributed by atoms with Crippen LogP contribution in [0.4, 0.5) is 0 Å². The van der Waals surface area contributed by atoms with E-state index in [9.17, 15) is 0 Å². The highest BCUT2D eigenvalue weighted by atomic mass is 35.5. The Morgan fingerprint density at radius 2 is 1.66 bits per heavy atom. The lowest BCUT2D eigenvalue weighted by atomic mass is 9.99. The van der Waals surface area contributed by atoms with Gasteiger partial charge >= 0.3 is 0 Å². The van der Waals surface area contributed by atoms with Gasteiger partial charge < -0.3 is 9.30 Å². The lowest BCUT2D eigenvalue weighted by Gasteiger charge is -2.22. The van der Waals surface area contributed by atoms with Gasteiger partial charge in [0.25, 0.3) is 0 Å². The van der Waals surface area contributed by atoms with Crippen LogP contribution in [0.25, 0.3) is 5.69 Å². The molecule has 146 valence electrons. The van der Waals surface area contributed by atoms with Gasteiger partial charge in [-0.3, -0.25) is 0 Å². The second-order valence-electron chi connectivity index (χ2n) is 6.51. The van der Waals surface area contributed by atoms with Crippen LogP contribution in [0.15, 0.2) is 85.5 Å². The first-order valence-corrected chi connectivity index (χ1v) is 10.1. The molecule has 0 N–H and O–H groups in total. The second kappa shape index (κ2) is 9.02. The van der Waals surface area contributed by atoms with Gasteiger partial charge in [0.15, 0.2) is 0 Å². The number of halogens is 3. The maximum atomic E-state index is 6.40. The number of imidazole rings is 1. The Morgan fingerprint density at radius 1 is 0.897 bits per heavy atom. The largest absolute Gasteiger partial charge is 0.364 e. The van der Waals surface area contributed by atoms with Gasteiger partial charge in [0.1, 0.15) is 6.10 Å². The molecule has 0 aliphatic heterocycles. The minimum Gasteiger partial charge on any atom is -0.364 e. The summed E-state index contributed by atoms with van der Waals surface area (Å²) < 4.78 is 8.36. The first-order valence-electron chi connectivity index (χ1n) is 9.00. The molecule has 1 atom stereocenters. The molecule has 3 nitrogen and oxygen atoms in total. The first kappa shape index (κ1) is 20.0.